The lowest BCUT2D eigenvalue weighted by atomic mass is 10.0. The Labute approximate surface area is 247 Å². The number of benzene rings is 1. The molecule has 0 spiro atoms. The Morgan fingerprint density at radius 1 is 1.00 bits per heavy atom. The molecule has 0 amide bonds. The van der Waals surface area contributed by atoms with Crippen LogP contribution in [-0.2, 0) is 28.5 Å². The van der Waals surface area contributed by atoms with Gasteiger partial charge in [0.2, 0.25) is 6.79 Å². The van der Waals surface area contributed by atoms with Crippen molar-refractivity contribution in [2.45, 2.75) is 72.2 Å². The highest BCUT2D eigenvalue weighted by Gasteiger charge is 2.33. The summed E-state index contributed by atoms with van der Waals surface area (Å²) in [6.45, 7) is 9.21. The number of hydrogen-bond acceptors (Lipinski definition) is 11. The van der Waals surface area contributed by atoms with Gasteiger partial charge in [-0.25, -0.2) is 9.78 Å². The predicted octanol–water partition coefficient (Wildman–Crippen LogP) is 4.80. The number of ketones is 1. The number of ether oxygens (including phenoxy) is 7. The van der Waals surface area contributed by atoms with Crippen LogP contribution in [0.5, 0.6) is 17.2 Å². The molecule has 0 aliphatic rings. The van der Waals surface area contributed by atoms with Crippen LogP contribution in [-0.4, -0.2) is 74.7 Å². The molecule has 42 heavy (non-hydrogen) atoms. The summed E-state index contributed by atoms with van der Waals surface area (Å²) >= 11 is 0. The molecule has 0 unspecified atom stereocenters. The van der Waals surface area contributed by atoms with Crippen LogP contribution >= 0.6 is 0 Å². The molecule has 0 N–H and O–H groups in total. The number of hydrogen-bond donors (Lipinski definition) is 0. The van der Waals surface area contributed by atoms with E-state index in [-0.39, 0.29) is 36.3 Å². The van der Waals surface area contributed by atoms with Crippen molar-refractivity contribution in [2.75, 3.05) is 33.7 Å². The predicted molar refractivity (Wildman–Crippen MR) is 154 cm³/mol. The molecule has 11 nitrogen and oxygen atoms in total. The Morgan fingerprint density at radius 3 is 2.38 bits per heavy atom. The second-order valence-electron chi connectivity index (χ2n) is 9.49. The van der Waals surface area contributed by atoms with Gasteiger partial charge in [-0.05, 0) is 38.8 Å². The Morgan fingerprint density at radius 2 is 1.74 bits per heavy atom. The van der Waals surface area contributed by atoms with E-state index in [1.54, 1.807) is 20.8 Å². The molecule has 0 radical (unpaired) electrons. The van der Waals surface area contributed by atoms with Gasteiger partial charge in [0, 0.05) is 31.9 Å². The zero-order valence-electron chi connectivity index (χ0n) is 25.3. The number of nitrogens with zero attached hydrogens (tertiary/aromatic N) is 1. The smallest absolute Gasteiger partial charge is 0.334 e. The van der Waals surface area contributed by atoms with Crippen LogP contribution in [0.25, 0.3) is 0 Å². The Hall–Kier alpha value is -3.70. The number of carbonyl (C=O) groups is 3. The fourth-order valence-electron chi connectivity index (χ4n) is 3.99. The molecule has 0 aliphatic heterocycles. The lowest BCUT2D eigenvalue weighted by Crippen LogP contribution is -2.44. The maximum Gasteiger partial charge on any atom is 0.334 e. The van der Waals surface area contributed by atoms with E-state index in [0.717, 1.165) is 6.42 Å². The van der Waals surface area contributed by atoms with Gasteiger partial charge in [0.25, 0.3) is 0 Å². The molecule has 2 rings (SSSR count). The molecule has 0 bridgehead atoms. The first kappa shape index (κ1) is 34.5. The Kier molecular flexibility index (Phi) is 15.3. The van der Waals surface area contributed by atoms with Crippen LogP contribution in [0.1, 0.15) is 64.4 Å². The summed E-state index contributed by atoms with van der Waals surface area (Å²) in [5.74, 6) is -1.55. The quantitative estimate of drug-likeness (QED) is 0.120. The van der Waals surface area contributed by atoms with E-state index in [2.05, 4.69) is 4.98 Å². The SMILES string of the molecule is CCCO[C@@H]([C@H](C)OC(=O)[C@H](C)CC(=O)c1nccc(OC)c1OCOC(=O)COCC)[C@H](CC)Oc1ccccc1. The average molecular weight is 590 g/mol. The summed E-state index contributed by atoms with van der Waals surface area (Å²) < 4.78 is 38.8. The largest absolute Gasteiger partial charge is 0.493 e. The molecule has 11 heteroatoms. The summed E-state index contributed by atoms with van der Waals surface area (Å²) in [4.78, 5) is 42.2. The summed E-state index contributed by atoms with van der Waals surface area (Å²) in [6, 6.07) is 10.9. The standard InChI is InChI=1S/C31H43NO10/c1-7-17-38-29(25(8-2)42-23-13-11-10-12-14-23)22(5)41-31(35)21(4)18-24(33)28-30(26(36-6)15-16-32-28)40-20-39-27(34)19-37-9-3/h10-16,21-22,25,29H,7-9,17-20H2,1-6H3/t21-,22+,25+,29+/m1/s1. The number of esters is 2. The van der Waals surface area contributed by atoms with Crippen molar-refractivity contribution >= 4 is 17.7 Å². The zero-order chi connectivity index (χ0) is 30.9. The van der Waals surface area contributed by atoms with Crippen LogP contribution in [0, 0.1) is 5.92 Å². The highest BCUT2D eigenvalue weighted by atomic mass is 16.7. The van der Waals surface area contributed by atoms with E-state index in [0.29, 0.717) is 25.4 Å². The summed E-state index contributed by atoms with van der Waals surface area (Å²) in [5.41, 5.74) is -0.0608. The van der Waals surface area contributed by atoms with Crippen molar-refractivity contribution in [3.8, 4) is 17.2 Å². The van der Waals surface area contributed by atoms with Crippen molar-refractivity contribution in [3.05, 3.63) is 48.3 Å². The molecule has 1 aromatic carbocycles. The summed E-state index contributed by atoms with van der Waals surface area (Å²) in [6.07, 6.45) is 1.07. The number of pyridine rings is 1. The van der Waals surface area contributed by atoms with Gasteiger partial charge in [-0.1, -0.05) is 39.0 Å². The maximum absolute atomic E-state index is 13.2. The fraction of sp³-hybridized carbons (Fsp3) is 0.548. The number of Topliss-reactive ketones (excluding diaryl/α,β-unsaturated/α-hetero) is 1. The number of methoxy groups -OCH3 is 1. The minimum Gasteiger partial charge on any atom is -0.493 e. The van der Waals surface area contributed by atoms with Crippen LogP contribution in [0.4, 0.5) is 0 Å². The van der Waals surface area contributed by atoms with E-state index in [9.17, 15) is 14.4 Å². The molecule has 4 atom stereocenters. The molecular weight excluding hydrogens is 546 g/mol. The van der Waals surface area contributed by atoms with Crippen LogP contribution in [0.3, 0.4) is 0 Å². The fourth-order valence-corrected chi connectivity index (χ4v) is 3.99. The van der Waals surface area contributed by atoms with Gasteiger partial charge in [-0.2, -0.15) is 0 Å². The number of para-hydroxylation sites is 1. The minimum atomic E-state index is -0.799. The Balaban J connectivity index is 2.08. The lowest BCUT2D eigenvalue weighted by molar-refractivity contribution is -0.166. The van der Waals surface area contributed by atoms with E-state index in [4.69, 9.17) is 33.2 Å². The second-order valence-corrected chi connectivity index (χ2v) is 9.49. The zero-order valence-corrected chi connectivity index (χ0v) is 25.3. The molecule has 1 aromatic heterocycles. The Bertz CT molecular complexity index is 1110. The number of aromatic nitrogens is 1. The second kappa shape index (κ2) is 18.7. The van der Waals surface area contributed by atoms with Gasteiger partial charge >= 0.3 is 11.9 Å². The summed E-state index contributed by atoms with van der Waals surface area (Å²) in [5, 5.41) is 0. The van der Waals surface area contributed by atoms with Gasteiger partial charge in [-0.15, -0.1) is 0 Å². The maximum atomic E-state index is 13.2. The molecule has 0 fully saturated rings. The highest BCUT2D eigenvalue weighted by molar-refractivity contribution is 5.99. The van der Waals surface area contributed by atoms with Crippen molar-refractivity contribution < 1.29 is 47.5 Å². The molecule has 0 saturated carbocycles. The number of rotatable bonds is 20. The van der Waals surface area contributed by atoms with Crippen LogP contribution in [0.15, 0.2) is 42.6 Å². The monoisotopic (exact) mass is 589 g/mol. The molecule has 1 heterocycles. The third-order valence-electron chi connectivity index (χ3n) is 6.17. The highest BCUT2D eigenvalue weighted by Crippen LogP contribution is 2.31. The van der Waals surface area contributed by atoms with Crippen molar-refractivity contribution in [1.29, 1.82) is 0 Å². The van der Waals surface area contributed by atoms with Gasteiger partial charge in [0.1, 0.15) is 30.7 Å². The van der Waals surface area contributed by atoms with Gasteiger partial charge in [0.05, 0.1) is 13.0 Å². The third-order valence-corrected chi connectivity index (χ3v) is 6.17. The minimum absolute atomic E-state index is 0.0000216. The van der Waals surface area contributed by atoms with Gasteiger partial charge in [-0.3, -0.25) is 9.59 Å². The van der Waals surface area contributed by atoms with E-state index >= 15 is 0 Å². The van der Waals surface area contributed by atoms with Gasteiger partial charge < -0.3 is 33.2 Å². The van der Waals surface area contributed by atoms with Crippen molar-refractivity contribution in [2.24, 2.45) is 5.92 Å². The third kappa shape index (κ3) is 10.9. The van der Waals surface area contributed by atoms with E-state index in [1.807, 2.05) is 44.2 Å². The summed E-state index contributed by atoms with van der Waals surface area (Å²) in [7, 11) is 1.40. The van der Waals surface area contributed by atoms with Gasteiger partial charge in [0.15, 0.2) is 23.0 Å². The van der Waals surface area contributed by atoms with Crippen LogP contribution in [0.2, 0.25) is 0 Å². The number of carbonyl (C=O) groups excluding carboxylic acids is 3. The van der Waals surface area contributed by atoms with Crippen molar-refractivity contribution in [3.63, 3.8) is 0 Å². The van der Waals surface area contributed by atoms with E-state index in [1.165, 1.54) is 19.4 Å². The van der Waals surface area contributed by atoms with Crippen molar-refractivity contribution in [1.82, 2.24) is 4.98 Å². The molecule has 2 aromatic rings. The lowest BCUT2D eigenvalue weighted by Gasteiger charge is -2.32. The van der Waals surface area contributed by atoms with Crippen LogP contribution < -0.4 is 14.2 Å². The first-order chi connectivity index (χ1) is 20.2. The molecule has 232 valence electrons. The normalized spacial score (nSPS) is 13.8. The molecule has 0 aliphatic carbocycles. The van der Waals surface area contributed by atoms with E-state index < -0.39 is 42.6 Å². The topological polar surface area (TPSA) is 129 Å². The first-order valence-electron chi connectivity index (χ1n) is 14.2. The average Bonchev–Trinajstić information content (AvgIpc) is 2.99. The first-order valence-corrected chi connectivity index (χ1v) is 14.2. The molecular formula is C31H43NO10. The molecule has 0 saturated heterocycles.